The fraction of sp³-hybridized carbons (Fsp3) is 0.722. The van der Waals surface area contributed by atoms with Crippen molar-refractivity contribution in [3.63, 3.8) is 0 Å². The zero-order chi connectivity index (χ0) is 18.2. The smallest absolute Gasteiger partial charge is 0.220 e. The van der Waals surface area contributed by atoms with Crippen LogP contribution in [0.5, 0.6) is 0 Å². The highest BCUT2D eigenvalue weighted by molar-refractivity contribution is 14.0. The number of hydrogen-bond donors (Lipinski definition) is 2. The van der Waals surface area contributed by atoms with Crippen LogP contribution in [0.2, 0.25) is 0 Å². The number of aliphatic imine (C=N–C) groups is 1. The van der Waals surface area contributed by atoms with E-state index in [9.17, 15) is 4.79 Å². The van der Waals surface area contributed by atoms with Crippen LogP contribution in [-0.4, -0.2) is 55.5 Å². The summed E-state index contributed by atoms with van der Waals surface area (Å²) < 4.78 is 0. The number of hydrogen-bond acceptors (Lipinski definition) is 4. The second kappa shape index (κ2) is 11.7. The maximum Gasteiger partial charge on any atom is 0.220 e. The average Bonchev–Trinajstić information content (AvgIpc) is 2.99. The molecule has 1 aliphatic rings. The molecule has 8 heteroatoms. The average molecular weight is 493 g/mol. The zero-order valence-corrected chi connectivity index (χ0v) is 19.4. The molecule has 2 heterocycles. The van der Waals surface area contributed by atoms with Crippen LogP contribution >= 0.6 is 35.3 Å². The van der Waals surface area contributed by atoms with Gasteiger partial charge in [-0.1, -0.05) is 6.92 Å². The number of amides is 1. The highest BCUT2D eigenvalue weighted by Gasteiger charge is 2.23. The lowest BCUT2D eigenvalue weighted by Gasteiger charge is -2.34. The van der Waals surface area contributed by atoms with Crippen molar-refractivity contribution in [2.24, 2.45) is 10.9 Å². The molecule has 0 unspecified atom stereocenters. The first-order chi connectivity index (χ1) is 12.1. The summed E-state index contributed by atoms with van der Waals surface area (Å²) in [5.74, 6) is 1.59. The molecule has 0 spiro atoms. The number of piperidine rings is 1. The molecular weight excluding hydrogens is 461 g/mol. The van der Waals surface area contributed by atoms with Crippen molar-refractivity contribution >= 4 is 47.2 Å². The first-order valence-electron chi connectivity index (χ1n) is 9.18. The number of halogens is 1. The fourth-order valence-electron chi connectivity index (χ4n) is 3.25. The molecule has 2 N–H and O–H groups in total. The topological polar surface area (TPSA) is 69.6 Å². The molecule has 0 atom stereocenters. The molecule has 0 aromatic carbocycles. The molecule has 0 bridgehead atoms. The Bertz CT molecular complexity index is 596. The Kier molecular flexibility index (Phi) is 10.4. The first kappa shape index (κ1) is 23.1. The van der Waals surface area contributed by atoms with Gasteiger partial charge in [-0.25, -0.2) is 4.98 Å². The second-order valence-corrected chi connectivity index (χ2v) is 7.78. The Hall–Kier alpha value is -0.900. The normalized spacial score (nSPS) is 15.5. The van der Waals surface area contributed by atoms with Crippen LogP contribution in [0.15, 0.2) is 4.99 Å². The van der Waals surface area contributed by atoms with Gasteiger partial charge in [0.2, 0.25) is 5.91 Å². The predicted octanol–water partition coefficient (Wildman–Crippen LogP) is 2.60. The van der Waals surface area contributed by atoms with E-state index in [1.807, 2.05) is 7.05 Å². The Morgan fingerprint density at radius 2 is 2.08 bits per heavy atom. The lowest BCUT2D eigenvalue weighted by Crippen LogP contribution is -2.46. The SMILES string of the molecule is CCc1nc(CCNC(=NC)N2CCC(CC(=O)NC)CC2)sc1C.I. The molecule has 0 aliphatic carbocycles. The molecule has 1 aliphatic heterocycles. The largest absolute Gasteiger partial charge is 0.359 e. The van der Waals surface area contributed by atoms with Crippen molar-refractivity contribution in [1.82, 2.24) is 20.5 Å². The van der Waals surface area contributed by atoms with E-state index in [1.54, 1.807) is 18.4 Å². The van der Waals surface area contributed by atoms with Crippen LogP contribution in [0.1, 0.15) is 41.8 Å². The first-order valence-corrected chi connectivity index (χ1v) is 10.00. The molecule has 148 valence electrons. The third-order valence-corrected chi connectivity index (χ3v) is 5.85. The Balaban J connectivity index is 0.00000338. The summed E-state index contributed by atoms with van der Waals surface area (Å²) in [4.78, 5) is 24.3. The summed E-state index contributed by atoms with van der Waals surface area (Å²) >= 11 is 1.80. The third kappa shape index (κ3) is 6.68. The minimum Gasteiger partial charge on any atom is -0.359 e. The number of nitrogens with one attached hydrogen (secondary N) is 2. The molecule has 1 saturated heterocycles. The number of carbonyl (C=O) groups excluding carboxylic acids is 1. The van der Waals surface area contributed by atoms with Gasteiger partial charge >= 0.3 is 0 Å². The molecule has 2 rings (SSSR count). The monoisotopic (exact) mass is 493 g/mol. The van der Waals surface area contributed by atoms with Crippen molar-refractivity contribution in [2.75, 3.05) is 33.7 Å². The lowest BCUT2D eigenvalue weighted by molar-refractivity contribution is -0.121. The molecular formula is C18H32IN5OS. The maximum absolute atomic E-state index is 11.5. The van der Waals surface area contributed by atoms with Gasteiger partial charge in [-0.15, -0.1) is 35.3 Å². The predicted molar refractivity (Wildman–Crippen MR) is 120 cm³/mol. The van der Waals surface area contributed by atoms with Gasteiger partial charge in [0.25, 0.3) is 0 Å². The van der Waals surface area contributed by atoms with Gasteiger partial charge in [0.15, 0.2) is 5.96 Å². The van der Waals surface area contributed by atoms with Gasteiger partial charge in [0.05, 0.1) is 10.7 Å². The number of aryl methyl sites for hydroxylation is 2. The number of thiazole rings is 1. The van der Waals surface area contributed by atoms with Crippen LogP contribution in [0.25, 0.3) is 0 Å². The fourth-order valence-corrected chi connectivity index (χ4v) is 4.27. The van der Waals surface area contributed by atoms with Gasteiger partial charge in [0.1, 0.15) is 0 Å². The van der Waals surface area contributed by atoms with Crippen LogP contribution in [0.3, 0.4) is 0 Å². The molecule has 0 radical (unpaired) electrons. The summed E-state index contributed by atoms with van der Waals surface area (Å²) in [6.07, 6.45) is 4.65. The van der Waals surface area contributed by atoms with Crippen molar-refractivity contribution in [1.29, 1.82) is 0 Å². The van der Waals surface area contributed by atoms with Crippen molar-refractivity contribution in [3.8, 4) is 0 Å². The van der Waals surface area contributed by atoms with Crippen LogP contribution in [0.4, 0.5) is 0 Å². The second-order valence-electron chi connectivity index (χ2n) is 6.50. The van der Waals surface area contributed by atoms with Crippen LogP contribution in [0, 0.1) is 12.8 Å². The molecule has 1 aromatic heterocycles. The van der Waals surface area contributed by atoms with E-state index in [-0.39, 0.29) is 29.9 Å². The number of nitrogens with zero attached hydrogens (tertiary/aromatic N) is 3. The van der Waals surface area contributed by atoms with Gasteiger partial charge in [-0.3, -0.25) is 9.79 Å². The minimum atomic E-state index is 0. The summed E-state index contributed by atoms with van der Waals surface area (Å²) in [6.45, 7) is 7.06. The lowest BCUT2D eigenvalue weighted by atomic mass is 9.93. The van der Waals surface area contributed by atoms with Crippen LogP contribution in [-0.2, 0) is 17.6 Å². The Morgan fingerprint density at radius 3 is 2.62 bits per heavy atom. The minimum absolute atomic E-state index is 0. The van der Waals surface area contributed by atoms with E-state index in [4.69, 9.17) is 4.98 Å². The van der Waals surface area contributed by atoms with E-state index in [1.165, 1.54) is 15.6 Å². The van der Waals surface area contributed by atoms with Gasteiger partial charge in [-0.05, 0) is 32.1 Å². The highest BCUT2D eigenvalue weighted by Crippen LogP contribution is 2.21. The summed E-state index contributed by atoms with van der Waals surface area (Å²) in [7, 11) is 3.54. The summed E-state index contributed by atoms with van der Waals surface area (Å²) in [5.41, 5.74) is 1.22. The maximum atomic E-state index is 11.5. The van der Waals surface area contributed by atoms with E-state index >= 15 is 0 Å². The molecule has 1 aromatic rings. The van der Waals surface area contributed by atoms with Gasteiger partial charge < -0.3 is 15.5 Å². The van der Waals surface area contributed by atoms with E-state index in [0.29, 0.717) is 12.3 Å². The number of guanidine groups is 1. The van der Waals surface area contributed by atoms with Gasteiger partial charge in [-0.2, -0.15) is 0 Å². The molecule has 1 fully saturated rings. The summed E-state index contributed by atoms with van der Waals surface area (Å²) in [6, 6.07) is 0. The molecule has 26 heavy (non-hydrogen) atoms. The number of rotatable bonds is 6. The molecule has 1 amide bonds. The molecule has 6 nitrogen and oxygen atoms in total. The summed E-state index contributed by atoms with van der Waals surface area (Å²) in [5, 5.41) is 7.38. The van der Waals surface area contributed by atoms with Crippen molar-refractivity contribution in [3.05, 3.63) is 15.6 Å². The number of carbonyl (C=O) groups is 1. The van der Waals surface area contributed by atoms with Gasteiger partial charge in [0, 0.05) is 51.4 Å². The van der Waals surface area contributed by atoms with E-state index in [2.05, 4.69) is 34.4 Å². The van der Waals surface area contributed by atoms with Crippen molar-refractivity contribution < 1.29 is 4.79 Å². The highest BCUT2D eigenvalue weighted by atomic mass is 127. The Morgan fingerprint density at radius 1 is 1.38 bits per heavy atom. The quantitative estimate of drug-likeness (QED) is 0.363. The number of aromatic nitrogens is 1. The van der Waals surface area contributed by atoms with Crippen molar-refractivity contribution in [2.45, 2.75) is 46.0 Å². The van der Waals surface area contributed by atoms with E-state index < -0.39 is 0 Å². The number of likely N-dealkylation sites (tertiary alicyclic amines) is 1. The third-order valence-electron chi connectivity index (χ3n) is 4.77. The molecule has 0 saturated carbocycles. The zero-order valence-electron chi connectivity index (χ0n) is 16.3. The van der Waals surface area contributed by atoms with Crippen LogP contribution < -0.4 is 10.6 Å². The standard InChI is InChI=1S/C18H31N5OS.HI/c1-5-15-13(2)25-17(22-15)6-9-21-18(20-4)23-10-7-14(8-11-23)12-16(24)19-3;/h14H,5-12H2,1-4H3,(H,19,24)(H,20,21);1H. The van der Waals surface area contributed by atoms with E-state index in [0.717, 1.165) is 51.3 Å². The Labute approximate surface area is 178 Å².